The fraction of sp³-hybridized carbons (Fsp3) is 0.312. The van der Waals surface area contributed by atoms with Crippen molar-refractivity contribution in [2.75, 3.05) is 11.9 Å². The van der Waals surface area contributed by atoms with Crippen molar-refractivity contribution in [3.8, 4) is 12.1 Å². The van der Waals surface area contributed by atoms with Crippen LogP contribution in [0.1, 0.15) is 25.0 Å². The summed E-state index contributed by atoms with van der Waals surface area (Å²) in [6.07, 6.45) is -4.24. The molecule has 0 spiro atoms. The molecule has 1 aromatic heterocycles. The quantitative estimate of drug-likeness (QED) is 0.847. The van der Waals surface area contributed by atoms with Gasteiger partial charge in [0.05, 0.1) is 17.4 Å². The number of hydrogen-bond donors (Lipinski definition) is 0. The van der Waals surface area contributed by atoms with Gasteiger partial charge in [0.25, 0.3) is 0 Å². The van der Waals surface area contributed by atoms with E-state index in [-0.39, 0.29) is 23.5 Å². The van der Waals surface area contributed by atoms with Gasteiger partial charge in [-0.2, -0.15) is 23.4 Å². The highest BCUT2D eigenvalue weighted by Gasteiger charge is 2.37. The van der Waals surface area contributed by atoms with E-state index in [4.69, 9.17) is 10.00 Å². The summed E-state index contributed by atoms with van der Waals surface area (Å²) >= 11 is 0. The molecule has 0 aliphatic carbocycles. The molecule has 8 heteroatoms. The van der Waals surface area contributed by atoms with Gasteiger partial charge >= 0.3 is 12.2 Å². The Balaban J connectivity index is 2.59. The van der Waals surface area contributed by atoms with Gasteiger partial charge in [-0.25, -0.2) is 4.98 Å². The predicted molar refractivity (Wildman–Crippen MR) is 82.0 cm³/mol. The molecule has 0 fully saturated rings. The van der Waals surface area contributed by atoms with Gasteiger partial charge in [-0.05, 0) is 26.0 Å². The third-order valence-corrected chi connectivity index (χ3v) is 3.10. The van der Waals surface area contributed by atoms with Crippen molar-refractivity contribution >= 4 is 11.5 Å². The largest absolute Gasteiger partial charge is 0.461 e. The van der Waals surface area contributed by atoms with Gasteiger partial charge in [-0.3, -0.25) is 0 Å². The number of nitrogens with zero attached hydrogens (tertiary/aromatic N) is 4. The number of ether oxygens (including phenoxy) is 1. The Kier molecular flexibility index (Phi) is 4.93. The minimum absolute atomic E-state index is 0.158. The molecule has 0 amide bonds. The van der Waals surface area contributed by atoms with Crippen LogP contribution in [0.3, 0.4) is 0 Å². The molecule has 0 unspecified atom stereocenters. The van der Waals surface area contributed by atoms with E-state index in [0.29, 0.717) is 11.9 Å². The van der Waals surface area contributed by atoms with Crippen molar-refractivity contribution in [1.82, 2.24) is 9.97 Å². The summed E-state index contributed by atoms with van der Waals surface area (Å²) in [4.78, 5) is 8.72. The summed E-state index contributed by atoms with van der Waals surface area (Å²) in [6.45, 7) is 3.44. The Bertz CT molecular complexity index is 769. The van der Waals surface area contributed by atoms with Crippen molar-refractivity contribution in [2.45, 2.75) is 26.1 Å². The Morgan fingerprint density at radius 2 is 1.92 bits per heavy atom. The van der Waals surface area contributed by atoms with E-state index < -0.39 is 11.7 Å². The van der Waals surface area contributed by atoms with E-state index >= 15 is 0 Å². The third-order valence-electron chi connectivity index (χ3n) is 3.10. The lowest BCUT2D eigenvalue weighted by molar-refractivity contribution is -0.137. The third kappa shape index (κ3) is 3.74. The first-order chi connectivity index (χ1) is 11.2. The lowest BCUT2D eigenvalue weighted by Crippen LogP contribution is -2.20. The van der Waals surface area contributed by atoms with Gasteiger partial charge in [0.2, 0.25) is 0 Å². The maximum atomic E-state index is 13.3. The van der Waals surface area contributed by atoms with Crippen molar-refractivity contribution in [2.24, 2.45) is 0 Å². The normalized spacial score (nSPS) is 11.2. The van der Waals surface area contributed by atoms with E-state index in [9.17, 15) is 13.2 Å². The zero-order valence-electron chi connectivity index (χ0n) is 13.3. The number of nitriles is 1. The molecule has 0 atom stereocenters. The van der Waals surface area contributed by atoms with Gasteiger partial charge in [0.1, 0.15) is 11.6 Å². The molecule has 0 saturated heterocycles. The van der Waals surface area contributed by atoms with Crippen molar-refractivity contribution in [1.29, 1.82) is 5.26 Å². The fourth-order valence-corrected chi connectivity index (χ4v) is 2.06. The van der Waals surface area contributed by atoms with Gasteiger partial charge in [0, 0.05) is 13.2 Å². The Hall–Kier alpha value is -2.82. The molecule has 2 rings (SSSR count). The molecule has 2 aromatic rings. The number of benzene rings is 1. The van der Waals surface area contributed by atoms with Gasteiger partial charge in [-0.15, -0.1) is 0 Å². The molecule has 0 N–H and O–H groups in total. The summed E-state index contributed by atoms with van der Waals surface area (Å²) in [7, 11) is 1.41. The number of alkyl halides is 3. The van der Waals surface area contributed by atoms with Crippen LogP contribution in [0, 0.1) is 11.3 Å². The number of halogens is 3. The van der Waals surface area contributed by atoms with E-state index in [0.717, 1.165) is 0 Å². The number of hydrogen-bond acceptors (Lipinski definition) is 5. The topological polar surface area (TPSA) is 62.0 Å². The maximum absolute atomic E-state index is 13.3. The molecule has 126 valence electrons. The molecule has 1 aromatic carbocycles. The Labute approximate surface area is 137 Å². The molecule has 5 nitrogen and oxygen atoms in total. The summed E-state index contributed by atoms with van der Waals surface area (Å²) in [5.41, 5.74) is -0.466. The minimum atomic E-state index is -4.64. The van der Waals surface area contributed by atoms with Crippen LogP contribution in [0.15, 0.2) is 30.5 Å². The molecule has 0 saturated carbocycles. The van der Waals surface area contributed by atoms with Crippen LogP contribution in [-0.2, 0) is 6.18 Å². The first-order valence-electron chi connectivity index (χ1n) is 7.07. The standard InChI is InChI=1S/C16H15F3N4O/c1-10(2)24-15-21-9-12(16(17,18)19)14(22-15)23(3)13-7-5-4-6-11(13)8-20/h4-7,9-10H,1-3H3. The van der Waals surface area contributed by atoms with E-state index in [2.05, 4.69) is 9.97 Å². The second-order valence-electron chi connectivity index (χ2n) is 5.24. The zero-order chi connectivity index (χ0) is 17.9. The second-order valence-corrected chi connectivity index (χ2v) is 5.24. The fourth-order valence-electron chi connectivity index (χ4n) is 2.06. The predicted octanol–water partition coefficient (Wildman–Crippen LogP) is 3.92. The molecule has 0 aliphatic rings. The summed E-state index contributed by atoms with van der Waals surface area (Å²) in [5.74, 6) is -0.379. The molecular formula is C16H15F3N4O. The minimum Gasteiger partial charge on any atom is -0.461 e. The van der Waals surface area contributed by atoms with Crippen LogP contribution in [0.5, 0.6) is 6.01 Å². The average Bonchev–Trinajstić information content (AvgIpc) is 2.52. The van der Waals surface area contributed by atoms with Crippen LogP contribution in [0.4, 0.5) is 24.7 Å². The van der Waals surface area contributed by atoms with Crippen molar-refractivity contribution < 1.29 is 17.9 Å². The molecule has 24 heavy (non-hydrogen) atoms. The number of aromatic nitrogens is 2. The first-order valence-corrected chi connectivity index (χ1v) is 7.07. The van der Waals surface area contributed by atoms with Crippen LogP contribution in [0.25, 0.3) is 0 Å². The summed E-state index contributed by atoms with van der Waals surface area (Å²) in [5, 5.41) is 9.16. The summed E-state index contributed by atoms with van der Waals surface area (Å²) < 4.78 is 45.1. The van der Waals surface area contributed by atoms with Crippen LogP contribution < -0.4 is 9.64 Å². The van der Waals surface area contributed by atoms with Gasteiger partial charge < -0.3 is 9.64 Å². The Morgan fingerprint density at radius 1 is 1.25 bits per heavy atom. The number of anilines is 2. The molecule has 0 bridgehead atoms. The average molecular weight is 336 g/mol. The Morgan fingerprint density at radius 3 is 2.50 bits per heavy atom. The second kappa shape index (κ2) is 6.74. The lowest BCUT2D eigenvalue weighted by atomic mass is 10.1. The van der Waals surface area contributed by atoms with E-state index in [1.807, 2.05) is 6.07 Å². The lowest BCUT2D eigenvalue weighted by Gasteiger charge is -2.23. The van der Waals surface area contributed by atoms with Crippen molar-refractivity contribution in [3.63, 3.8) is 0 Å². The molecule has 1 heterocycles. The van der Waals surface area contributed by atoms with Crippen molar-refractivity contribution in [3.05, 3.63) is 41.6 Å². The van der Waals surface area contributed by atoms with Gasteiger partial charge in [-0.1, -0.05) is 12.1 Å². The zero-order valence-corrected chi connectivity index (χ0v) is 13.3. The highest BCUT2D eigenvalue weighted by molar-refractivity contribution is 5.68. The monoisotopic (exact) mass is 336 g/mol. The summed E-state index contributed by atoms with van der Waals surface area (Å²) in [6, 6.07) is 8.13. The highest BCUT2D eigenvalue weighted by atomic mass is 19.4. The van der Waals surface area contributed by atoms with Crippen LogP contribution >= 0.6 is 0 Å². The SMILES string of the molecule is CC(C)Oc1ncc(C(F)(F)F)c(N(C)c2ccccc2C#N)n1. The van der Waals surface area contributed by atoms with Gasteiger partial charge in [0.15, 0.2) is 5.82 Å². The van der Waals surface area contributed by atoms with E-state index in [1.165, 1.54) is 18.0 Å². The first kappa shape index (κ1) is 17.5. The maximum Gasteiger partial charge on any atom is 0.421 e. The van der Waals surface area contributed by atoms with E-state index in [1.54, 1.807) is 32.0 Å². The molecule has 0 aliphatic heterocycles. The number of para-hydroxylation sites is 1. The smallest absolute Gasteiger partial charge is 0.421 e. The molecular weight excluding hydrogens is 321 g/mol. The molecule has 0 radical (unpaired) electrons. The van der Waals surface area contributed by atoms with Crippen LogP contribution in [0.2, 0.25) is 0 Å². The van der Waals surface area contributed by atoms with Crippen LogP contribution in [-0.4, -0.2) is 23.1 Å². The number of rotatable bonds is 4. The highest BCUT2D eigenvalue weighted by Crippen LogP contribution is 2.38.